The normalized spacial score (nSPS) is 16.1. The fourth-order valence-corrected chi connectivity index (χ4v) is 3.30. The predicted molar refractivity (Wildman–Crippen MR) is 109 cm³/mol. The van der Waals surface area contributed by atoms with Gasteiger partial charge in [0.25, 0.3) is 5.91 Å². The van der Waals surface area contributed by atoms with E-state index in [1.807, 2.05) is 6.07 Å². The lowest BCUT2D eigenvalue weighted by atomic mass is 9.94. The Bertz CT molecular complexity index is 961. The molecule has 0 saturated heterocycles. The smallest absolute Gasteiger partial charge is 0.255 e. The maximum Gasteiger partial charge on any atom is 0.255 e. The fraction of sp³-hybridized carbons (Fsp3) is 0.200. The average Bonchev–Trinajstić information content (AvgIpc) is 2.68. The number of amides is 1. The van der Waals surface area contributed by atoms with Crippen LogP contribution in [0.25, 0.3) is 0 Å². The number of hydrogen-bond donors (Lipinski definition) is 3. The SMILES string of the molecule is COc1ccc([C@@H]2NC(=S)NC(C)=C2C(=O)Nc2ccccc2F)cc1OC. The quantitative estimate of drug-likeness (QED) is 0.668. The van der Waals surface area contributed by atoms with E-state index in [9.17, 15) is 9.18 Å². The molecule has 0 aliphatic carbocycles. The third-order valence-corrected chi connectivity index (χ3v) is 4.60. The topological polar surface area (TPSA) is 71.6 Å². The van der Waals surface area contributed by atoms with Crippen LogP contribution in [-0.4, -0.2) is 25.2 Å². The molecular formula is C20H20FN3O3S. The summed E-state index contributed by atoms with van der Waals surface area (Å²) in [6.45, 7) is 1.75. The molecule has 3 N–H and O–H groups in total. The van der Waals surface area contributed by atoms with Gasteiger partial charge in [-0.15, -0.1) is 0 Å². The summed E-state index contributed by atoms with van der Waals surface area (Å²) < 4.78 is 24.6. The molecule has 2 aromatic rings. The van der Waals surface area contributed by atoms with E-state index in [1.54, 1.807) is 38.3 Å². The molecule has 1 heterocycles. The molecular weight excluding hydrogens is 381 g/mol. The second-order valence-electron chi connectivity index (χ2n) is 6.12. The van der Waals surface area contributed by atoms with E-state index >= 15 is 0 Å². The molecule has 1 amide bonds. The van der Waals surface area contributed by atoms with Gasteiger partial charge in [0.15, 0.2) is 16.6 Å². The number of ether oxygens (including phenoxy) is 2. The van der Waals surface area contributed by atoms with E-state index in [-0.39, 0.29) is 5.69 Å². The van der Waals surface area contributed by atoms with Gasteiger partial charge in [-0.25, -0.2) is 4.39 Å². The molecule has 0 aromatic heterocycles. The number of benzene rings is 2. The molecule has 1 aliphatic rings. The first-order valence-corrected chi connectivity index (χ1v) is 8.91. The molecule has 3 rings (SSSR count). The first-order valence-electron chi connectivity index (χ1n) is 8.50. The average molecular weight is 401 g/mol. The maximum atomic E-state index is 14.0. The van der Waals surface area contributed by atoms with Gasteiger partial charge in [-0.1, -0.05) is 18.2 Å². The van der Waals surface area contributed by atoms with Gasteiger partial charge in [0.05, 0.1) is 31.5 Å². The van der Waals surface area contributed by atoms with Crippen LogP contribution in [0.5, 0.6) is 11.5 Å². The van der Waals surface area contributed by atoms with Gasteiger partial charge in [-0.3, -0.25) is 4.79 Å². The predicted octanol–water partition coefficient (Wildman–Crippen LogP) is 3.27. The van der Waals surface area contributed by atoms with Crippen LogP contribution in [0.3, 0.4) is 0 Å². The standard InChI is InChI=1S/C20H20FN3O3S/c1-11-17(19(25)23-14-7-5-4-6-13(14)21)18(24-20(28)22-11)12-8-9-15(26-2)16(10-12)27-3/h4-10,18H,1-3H3,(H,23,25)(H2,22,24,28)/t18-/m0/s1. The van der Waals surface area contributed by atoms with Gasteiger partial charge < -0.3 is 25.4 Å². The number of carbonyl (C=O) groups excluding carboxylic acids is 1. The molecule has 1 aliphatic heterocycles. The molecule has 8 heteroatoms. The van der Waals surface area contributed by atoms with Gasteiger partial charge in [0.1, 0.15) is 5.82 Å². The van der Waals surface area contributed by atoms with Crippen LogP contribution in [0.2, 0.25) is 0 Å². The summed E-state index contributed by atoms with van der Waals surface area (Å²) in [5.74, 6) is 0.146. The van der Waals surface area contributed by atoms with Crippen LogP contribution in [0.1, 0.15) is 18.5 Å². The van der Waals surface area contributed by atoms with Crippen molar-refractivity contribution >= 4 is 28.9 Å². The fourth-order valence-electron chi connectivity index (χ4n) is 3.03. The molecule has 0 fully saturated rings. The van der Waals surface area contributed by atoms with Crippen LogP contribution in [0.15, 0.2) is 53.7 Å². The van der Waals surface area contributed by atoms with Crippen molar-refractivity contribution in [2.45, 2.75) is 13.0 Å². The summed E-state index contributed by atoms with van der Waals surface area (Å²) in [5.41, 5.74) is 1.83. The van der Waals surface area contributed by atoms with Gasteiger partial charge >= 0.3 is 0 Å². The number of anilines is 1. The van der Waals surface area contributed by atoms with E-state index in [0.29, 0.717) is 27.9 Å². The van der Waals surface area contributed by atoms with Crippen molar-refractivity contribution in [2.24, 2.45) is 0 Å². The summed E-state index contributed by atoms with van der Waals surface area (Å²) in [7, 11) is 3.09. The van der Waals surface area contributed by atoms with Crippen molar-refractivity contribution in [3.8, 4) is 11.5 Å². The second kappa shape index (κ2) is 8.26. The number of nitrogens with one attached hydrogen (secondary N) is 3. The number of allylic oxidation sites excluding steroid dienone is 1. The monoisotopic (exact) mass is 401 g/mol. The highest BCUT2D eigenvalue weighted by Crippen LogP contribution is 2.34. The number of carbonyl (C=O) groups is 1. The molecule has 0 saturated carbocycles. The van der Waals surface area contributed by atoms with E-state index in [4.69, 9.17) is 21.7 Å². The van der Waals surface area contributed by atoms with E-state index < -0.39 is 17.8 Å². The lowest BCUT2D eigenvalue weighted by Crippen LogP contribution is -2.45. The summed E-state index contributed by atoms with van der Waals surface area (Å²) >= 11 is 5.26. The largest absolute Gasteiger partial charge is 0.493 e. The first-order chi connectivity index (χ1) is 13.4. The molecule has 0 bridgehead atoms. The van der Waals surface area contributed by atoms with Crippen molar-refractivity contribution in [1.29, 1.82) is 0 Å². The van der Waals surface area contributed by atoms with Gasteiger partial charge in [-0.05, 0) is 49.0 Å². The highest BCUT2D eigenvalue weighted by atomic mass is 32.1. The Morgan fingerprint density at radius 3 is 2.54 bits per heavy atom. The van der Waals surface area contributed by atoms with Gasteiger partial charge in [-0.2, -0.15) is 0 Å². The van der Waals surface area contributed by atoms with Crippen LogP contribution < -0.4 is 25.4 Å². The Hall–Kier alpha value is -3.13. The third-order valence-electron chi connectivity index (χ3n) is 4.38. The molecule has 0 spiro atoms. The third kappa shape index (κ3) is 3.91. The molecule has 6 nitrogen and oxygen atoms in total. The van der Waals surface area contributed by atoms with Gasteiger partial charge in [0.2, 0.25) is 0 Å². The van der Waals surface area contributed by atoms with E-state index in [0.717, 1.165) is 5.56 Å². The molecule has 0 unspecified atom stereocenters. The second-order valence-corrected chi connectivity index (χ2v) is 6.53. The first kappa shape index (κ1) is 19.6. The van der Waals surface area contributed by atoms with Crippen LogP contribution >= 0.6 is 12.2 Å². The molecule has 146 valence electrons. The minimum Gasteiger partial charge on any atom is -0.493 e. The Balaban J connectivity index is 1.99. The number of halogens is 1. The Kier molecular flexibility index (Phi) is 5.79. The lowest BCUT2D eigenvalue weighted by molar-refractivity contribution is -0.113. The van der Waals surface area contributed by atoms with E-state index in [2.05, 4.69) is 16.0 Å². The molecule has 0 radical (unpaired) electrons. The number of thiocarbonyl (C=S) groups is 1. The maximum absolute atomic E-state index is 14.0. The number of para-hydroxylation sites is 1. The van der Waals surface area contributed by atoms with Crippen molar-refractivity contribution in [3.05, 3.63) is 65.1 Å². The highest BCUT2D eigenvalue weighted by Gasteiger charge is 2.30. The van der Waals surface area contributed by atoms with Crippen LogP contribution in [0, 0.1) is 5.82 Å². The minimum absolute atomic E-state index is 0.104. The van der Waals surface area contributed by atoms with Crippen LogP contribution in [0.4, 0.5) is 10.1 Å². The van der Waals surface area contributed by atoms with Crippen molar-refractivity contribution in [1.82, 2.24) is 10.6 Å². The van der Waals surface area contributed by atoms with Gasteiger partial charge in [0, 0.05) is 5.70 Å². The minimum atomic E-state index is -0.541. The van der Waals surface area contributed by atoms with Crippen molar-refractivity contribution < 1.29 is 18.7 Å². The Labute approximate surface area is 167 Å². The number of hydrogen-bond acceptors (Lipinski definition) is 4. The molecule has 2 aromatic carbocycles. The lowest BCUT2D eigenvalue weighted by Gasteiger charge is -2.30. The van der Waals surface area contributed by atoms with Crippen molar-refractivity contribution in [3.63, 3.8) is 0 Å². The summed E-state index contributed by atoms with van der Waals surface area (Å²) in [6, 6.07) is 10.8. The molecule has 28 heavy (non-hydrogen) atoms. The Morgan fingerprint density at radius 2 is 1.86 bits per heavy atom. The zero-order chi connectivity index (χ0) is 20.3. The van der Waals surface area contributed by atoms with Crippen LogP contribution in [-0.2, 0) is 4.79 Å². The zero-order valence-corrected chi connectivity index (χ0v) is 16.4. The summed E-state index contributed by atoms with van der Waals surface area (Å²) in [6.07, 6.45) is 0. The van der Waals surface area contributed by atoms with E-state index in [1.165, 1.54) is 19.2 Å². The summed E-state index contributed by atoms with van der Waals surface area (Å²) in [4.78, 5) is 13.0. The Morgan fingerprint density at radius 1 is 1.14 bits per heavy atom. The molecule has 1 atom stereocenters. The van der Waals surface area contributed by atoms with Crippen molar-refractivity contribution in [2.75, 3.05) is 19.5 Å². The number of rotatable bonds is 5. The summed E-state index contributed by atoms with van der Waals surface area (Å²) in [5, 5.41) is 9.06. The highest BCUT2D eigenvalue weighted by molar-refractivity contribution is 7.80. The number of methoxy groups -OCH3 is 2. The zero-order valence-electron chi connectivity index (χ0n) is 15.6.